The van der Waals surface area contributed by atoms with Crippen molar-refractivity contribution in [2.45, 2.75) is 6.04 Å². The third-order valence-corrected chi connectivity index (χ3v) is 4.10. The minimum Gasteiger partial charge on any atom is -0.377 e. The van der Waals surface area contributed by atoms with Gasteiger partial charge in [0.05, 0.1) is 29.5 Å². The van der Waals surface area contributed by atoms with Crippen molar-refractivity contribution in [3.63, 3.8) is 0 Å². The lowest BCUT2D eigenvalue weighted by molar-refractivity contribution is 0.0962. The Morgan fingerprint density at radius 2 is 2.35 bits per heavy atom. The number of fused-ring (bicyclic) bond motifs is 1. The summed E-state index contributed by atoms with van der Waals surface area (Å²) >= 11 is 1.73. The maximum atomic E-state index is 5.78. The van der Waals surface area contributed by atoms with Crippen LogP contribution in [-0.4, -0.2) is 37.3 Å². The Bertz CT molecular complexity index is 480. The highest BCUT2D eigenvalue weighted by atomic mass is 32.1. The predicted octanol–water partition coefficient (Wildman–Crippen LogP) is 1.46. The normalized spacial score (nSPS) is 21.0. The molecule has 5 heteroatoms. The number of aromatic nitrogens is 1. The number of hydrogen-bond acceptors (Lipinski definition) is 5. The van der Waals surface area contributed by atoms with Gasteiger partial charge in [0.25, 0.3) is 0 Å². The number of ether oxygens (including phenoxy) is 1. The van der Waals surface area contributed by atoms with E-state index >= 15 is 0 Å². The predicted molar refractivity (Wildman–Crippen MR) is 70.6 cm³/mol. The number of nitrogens with zero attached hydrogens (tertiary/aromatic N) is 2. The lowest BCUT2D eigenvalue weighted by atomic mass is 10.2. The van der Waals surface area contributed by atoms with E-state index in [4.69, 9.17) is 10.5 Å². The van der Waals surface area contributed by atoms with E-state index in [2.05, 4.69) is 16.0 Å². The molecule has 1 saturated heterocycles. The highest BCUT2D eigenvalue weighted by Gasteiger charge is 2.24. The maximum absolute atomic E-state index is 5.78. The molecule has 17 heavy (non-hydrogen) atoms. The van der Waals surface area contributed by atoms with E-state index in [0.717, 1.165) is 23.8 Å². The Morgan fingerprint density at radius 1 is 1.47 bits per heavy atom. The first kappa shape index (κ1) is 11.0. The Balaban J connectivity index is 1.96. The molecule has 3 rings (SSSR count). The number of hydrogen-bond donors (Lipinski definition) is 1. The van der Waals surface area contributed by atoms with E-state index < -0.39 is 0 Å². The molecule has 1 aromatic heterocycles. The molecule has 2 aromatic rings. The van der Waals surface area contributed by atoms with Crippen molar-refractivity contribution in [2.75, 3.05) is 31.2 Å². The summed E-state index contributed by atoms with van der Waals surface area (Å²) < 4.78 is 6.68. The average molecular weight is 249 g/mol. The van der Waals surface area contributed by atoms with Gasteiger partial charge in [-0.2, -0.15) is 0 Å². The van der Waals surface area contributed by atoms with Crippen LogP contribution in [0, 0.1) is 0 Å². The van der Waals surface area contributed by atoms with Crippen LogP contribution in [0.1, 0.15) is 0 Å². The van der Waals surface area contributed by atoms with Crippen LogP contribution in [0.3, 0.4) is 0 Å². The van der Waals surface area contributed by atoms with Gasteiger partial charge >= 0.3 is 0 Å². The van der Waals surface area contributed by atoms with E-state index in [1.165, 1.54) is 4.70 Å². The standard InChI is InChI=1S/C12H15N3OS/c13-7-9-8-16-6-5-15(9)12-14-10-3-1-2-4-11(10)17-12/h1-4,9H,5-8,13H2. The summed E-state index contributed by atoms with van der Waals surface area (Å²) in [5.41, 5.74) is 6.85. The lowest BCUT2D eigenvalue weighted by Gasteiger charge is -2.34. The summed E-state index contributed by atoms with van der Waals surface area (Å²) in [7, 11) is 0. The van der Waals surface area contributed by atoms with E-state index in [1.807, 2.05) is 18.2 Å². The van der Waals surface area contributed by atoms with Gasteiger partial charge in [-0.25, -0.2) is 4.98 Å². The highest BCUT2D eigenvalue weighted by Crippen LogP contribution is 2.30. The van der Waals surface area contributed by atoms with Gasteiger partial charge in [-0.3, -0.25) is 0 Å². The molecule has 1 aliphatic rings. The molecule has 0 saturated carbocycles. The third-order valence-electron chi connectivity index (χ3n) is 3.03. The zero-order valence-electron chi connectivity index (χ0n) is 9.50. The molecule has 1 unspecified atom stereocenters. The summed E-state index contributed by atoms with van der Waals surface area (Å²) in [6.07, 6.45) is 0. The molecule has 2 heterocycles. The minimum atomic E-state index is 0.254. The molecule has 4 nitrogen and oxygen atoms in total. The van der Waals surface area contributed by atoms with Gasteiger partial charge in [-0.05, 0) is 12.1 Å². The fourth-order valence-corrected chi connectivity index (χ4v) is 3.15. The first-order chi connectivity index (χ1) is 8.38. The molecule has 2 N–H and O–H groups in total. The highest BCUT2D eigenvalue weighted by molar-refractivity contribution is 7.22. The quantitative estimate of drug-likeness (QED) is 0.875. The van der Waals surface area contributed by atoms with Gasteiger partial charge in [0, 0.05) is 13.1 Å². The van der Waals surface area contributed by atoms with Gasteiger partial charge in [-0.1, -0.05) is 23.5 Å². The molecule has 0 radical (unpaired) electrons. The Morgan fingerprint density at radius 3 is 3.18 bits per heavy atom. The van der Waals surface area contributed by atoms with Crippen LogP contribution < -0.4 is 10.6 Å². The van der Waals surface area contributed by atoms with Crippen LogP contribution in [0.4, 0.5) is 5.13 Å². The van der Waals surface area contributed by atoms with Gasteiger partial charge in [0.2, 0.25) is 0 Å². The van der Waals surface area contributed by atoms with Crippen molar-refractivity contribution < 1.29 is 4.74 Å². The molecule has 1 aliphatic heterocycles. The lowest BCUT2D eigenvalue weighted by Crippen LogP contribution is -2.49. The summed E-state index contributed by atoms with van der Waals surface area (Å²) in [4.78, 5) is 6.94. The number of rotatable bonds is 2. The molecular weight excluding hydrogens is 234 g/mol. The molecule has 1 atom stereocenters. The zero-order chi connectivity index (χ0) is 11.7. The number of benzene rings is 1. The van der Waals surface area contributed by atoms with Gasteiger partial charge in [0.1, 0.15) is 0 Å². The smallest absolute Gasteiger partial charge is 0.186 e. The second kappa shape index (κ2) is 4.60. The molecule has 1 aromatic carbocycles. The Kier molecular flexibility index (Phi) is 2.96. The molecular formula is C12H15N3OS. The van der Waals surface area contributed by atoms with E-state index in [0.29, 0.717) is 13.2 Å². The number of para-hydroxylation sites is 1. The molecule has 0 amide bonds. The topological polar surface area (TPSA) is 51.4 Å². The number of anilines is 1. The fraction of sp³-hybridized carbons (Fsp3) is 0.417. The SMILES string of the molecule is NCC1COCCN1c1nc2ccccc2s1. The molecule has 0 aliphatic carbocycles. The van der Waals surface area contributed by atoms with E-state index in [-0.39, 0.29) is 6.04 Å². The van der Waals surface area contributed by atoms with E-state index in [1.54, 1.807) is 11.3 Å². The zero-order valence-corrected chi connectivity index (χ0v) is 10.3. The van der Waals surface area contributed by atoms with Crippen LogP contribution >= 0.6 is 11.3 Å². The second-order valence-corrected chi connectivity index (χ2v) is 5.13. The molecule has 90 valence electrons. The second-order valence-electron chi connectivity index (χ2n) is 4.12. The maximum Gasteiger partial charge on any atom is 0.186 e. The summed E-state index contributed by atoms with van der Waals surface area (Å²) in [6, 6.07) is 8.47. The first-order valence-corrected chi connectivity index (χ1v) is 6.60. The van der Waals surface area contributed by atoms with Crippen LogP contribution in [0.5, 0.6) is 0 Å². The van der Waals surface area contributed by atoms with Crippen molar-refractivity contribution in [1.29, 1.82) is 0 Å². The Hall–Kier alpha value is -1.17. The van der Waals surface area contributed by atoms with Crippen LogP contribution in [-0.2, 0) is 4.74 Å². The first-order valence-electron chi connectivity index (χ1n) is 5.78. The molecule has 1 fully saturated rings. The van der Waals surface area contributed by atoms with Crippen molar-refractivity contribution in [3.05, 3.63) is 24.3 Å². The molecule has 0 spiro atoms. The number of thiazole rings is 1. The van der Waals surface area contributed by atoms with Crippen molar-refractivity contribution in [2.24, 2.45) is 5.73 Å². The fourth-order valence-electron chi connectivity index (χ4n) is 2.08. The number of nitrogens with two attached hydrogens (primary N) is 1. The third kappa shape index (κ3) is 2.01. The monoisotopic (exact) mass is 249 g/mol. The largest absolute Gasteiger partial charge is 0.377 e. The summed E-state index contributed by atoms with van der Waals surface area (Å²) in [5, 5.41) is 1.06. The van der Waals surface area contributed by atoms with E-state index in [9.17, 15) is 0 Å². The van der Waals surface area contributed by atoms with Gasteiger partial charge < -0.3 is 15.4 Å². The average Bonchev–Trinajstić information content (AvgIpc) is 2.82. The van der Waals surface area contributed by atoms with Crippen molar-refractivity contribution >= 4 is 26.7 Å². The van der Waals surface area contributed by atoms with Crippen molar-refractivity contribution in [3.8, 4) is 0 Å². The Labute approximate surface area is 104 Å². The van der Waals surface area contributed by atoms with Crippen LogP contribution in [0.2, 0.25) is 0 Å². The van der Waals surface area contributed by atoms with Crippen molar-refractivity contribution in [1.82, 2.24) is 4.98 Å². The van der Waals surface area contributed by atoms with Gasteiger partial charge in [-0.15, -0.1) is 0 Å². The summed E-state index contributed by atoms with van der Waals surface area (Å²) in [5.74, 6) is 0. The minimum absolute atomic E-state index is 0.254. The van der Waals surface area contributed by atoms with Crippen LogP contribution in [0.15, 0.2) is 24.3 Å². The van der Waals surface area contributed by atoms with Crippen LogP contribution in [0.25, 0.3) is 10.2 Å². The van der Waals surface area contributed by atoms with Gasteiger partial charge in [0.15, 0.2) is 5.13 Å². The number of morpholine rings is 1. The summed E-state index contributed by atoms with van der Waals surface area (Å²) in [6.45, 7) is 2.94. The molecule has 0 bridgehead atoms.